The lowest BCUT2D eigenvalue weighted by Crippen LogP contribution is -2.30. The van der Waals surface area contributed by atoms with Crippen LogP contribution in [-0.2, 0) is 0 Å². The first-order valence-corrected chi connectivity index (χ1v) is 8.95. The SMILES string of the molecule is CCN(CC)C(=O)c1ccc(OCCCN2CC3CC3C2)cc1. The molecule has 1 saturated heterocycles. The van der Waals surface area contributed by atoms with Crippen molar-refractivity contribution < 1.29 is 9.53 Å². The minimum atomic E-state index is 0.0918. The van der Waals surface area contributed by atoms with Crippen molar-refractivity contribution in [3.63, 3.8) is 0 Å². The van der Waals surface area contributed by atoms with Crippen molar-refractivity contribution >= 4 is 5.91 Å². The molecule has 0 spiro atoms. The maximum absolute atomic E-state index is 12.2. The number of benzene rings is 1. The predicted octanol–water partition coefficient (Wildman–Crippen LogP) is 2.89. The summed E-state index contributed by atoms with van der Waals surface area (Å²) in [5.41, 5.74) is 0.734. The molecule has 1 saturated carbocycles. The van der Waals surface area contributed by atoms with Gasteiger partial charge in [-0.25, -0.2) is 0 Å². The van der Waals surface area contributed by atoms with Gasteiger partial charge in [0.05, 0.1) is 6.61 Å². The molecule has 2 aliphatic rings. The standard InChI is InChI=1S/C19H28N2O2/c1-3-21(4-2)19(22)15-6-8-18(9-7-15)23-11-5-10-20-13-16-12-17(16)14-20/h6-9,16-17H,3-5,10-14H2,1-2H3. The zero-order valence-electron chi connectivity index (χ0n) is 14.3. The van der Waals surface area contributed by atoms with Crippen LogP contribution < -0.4 is 4.74 Å². The molecule has 1 heterocycles. The van der Waals surface area contributed by atoms with E-state index < -0.39 is 0 Å². The molecule has 4 nitrogen and oxygen atoms in total. The van der Waals surface area contributed by atoms with Gasteiger partial charge in [-0.15, -0.1) is 0 Å². The molecule has 0 aromatic heterocycles. The number of carbonyl (C=O) groups is 1. The number of amides is 1. The fourth-order valence-electron chi connectivity index (χ4n) is 3.54. The number of likely N-dealkylation sites (tertiary alicyclic amines) is 1. The van der Waals surface area contributed by atoms with Crippen molar-refractivity contribution in [2.75, 3.05) is 39.3 Å². The van der Waals surface area contributed by atoms with E-state index in [9.17, 15) is 4.79 Å². The van der Waals surface area contributed by atoms with Crippen LogP contribution in [0.4, 0.5) is 0 Å². The number of fused-ring (bicyclic) bond motifs is 1. The summed E-state index contributed by atoms with van der Waals surface area (Å²) in [7, 11) is 0. The van der Waals surface area contributed by atoms with E-state index in [2.05, 4.69) is 4.90 Å². The van der Waals surface area contributed by atoms with E-state index in [-0.39, 0.29) is 5.91 Å². The van der Waals surface area contributed by atoms with Gasteiger partial charge in [-0.3, -0.25) is 4.79 Å². The molecule has 1 aliphatic carbocycles. The quantitative estimate of drug-likeness (QED) is 0.691. The highest BCUT2D eigenvalue weighted by Crippen LogP contribution is 2.44. The summed E-state index contributed by atoms with van der Waals surface area (Å²) in [6.45, 7) is 9.98. The molecular formula is C19H28N2O2. The number of hydrogen-bond donors (Lipinski definition) is 0. The second-order valence-corrected chi connectivity index (χ2v) is 6.72. The molecule has 0 radical (unpaired) electrons. The molecule has 2 fully saturated rings. The van der Waals surface area contributed by atoms with E-state index in [1.165, 1.54) is 19.5 Å². The fourth-order valence-corrected chi connectivity index (χ4v) is 3.54. The van der Waals surface area contributed by atoms with Crippen molar-refractivity contribution in [2.45, 2.75) is 26.7 Å². The maximum atomic E-state index is 12.2. The van der Waals surface area contributed by atoms with Crippen LogP contribution in [0.3, 0.4) is 0 Å². The van der Waals surface area contributed by atoms with Gasteiger partial charge in [0.15, 0.2) is 0 Å². The highest BCUT2D eigenvalue weighted by atomic mass is 16.5. The van der Waals surface area contributed by atoms with Crippen molar-refractivity contribution in [3.05, 3.63) is 29.8 Å². The van der Waals surface area contributed by atoms with Crippen LogP contribution in [0.1, 0.15) is 37.0 Å². The lowest BCUT2D eigenvalue weighted by Gasteiger charge is -2.19. The van der Waals surface area contributed by atoms with E-state index in [4.69, 9.17) is 4.74 Å². The van der Waals surface area contributed by atoms with Crippen molar-refractivity contribution in [1.29, 1.82) is 0 Å². The van der Waals surface area contributed by atoms with E-state index in [0.717, 1.165) is 55.8 Å². The summed E-state index contributed by atoms with van der Waals surface area (Å²) in [6.07, 6.45) is 2.53. The summed E-state index contributed by atoms with van der Waals surface area (Å²) in [4.78, 5) is 16.6. The summed E-state index contributed by atoms with van der Waals surface area (Å²) in [5.74, 6) is 2.96. The zero-order valence-corrected chi connectivity index (χ0v) is 14.3. The van der Waals surface area contributed by atoms with Gasteiger partial charge in [0, 0.05) is 38.3 Å². The Balaban J connectivity index is 1.39. The van der Waals surface area contributed by atoms with Crippen LogP contribution in [0.2, 0.25) is 0 Å². The molecule has 126 valence electrons. The minimum absolute atomic E-state index is 0.0918. The Bertz CT molecular complexity index is 515. The van der Waals surface area contributed by atoms with Crippen LogP contribution in [0.5, 0.6) is 5.75 Å². The van der Waals surface area contributed by atoms with Gasteiger partial charge in [-0.05, 0) is 62.8 Å². The molecule has 1 aliphatic heterocycles. The highest BCUT2D eigenvalue weighted by Gasteiger charge is 2.44. The van der Waals surface area contributed by atoms with Crippen LogP contribution in [0, 0.1) is 11.8 Å². The average molecular weight is 316 g/mol. The molecule has 0 N–H and O–H groups in total. The van der Waals surface area contributed by atoms with E-state index in [1.54, 1.807) is 0 Å². The van der Waals surface area contributed by atoms with Crippen molar-refractivity contribution in [1.82, 2.24) is 9.80 Å². The first-order chi connectivity index (χ1) is 11.2. The van der Waals surface area contributed by atoms with Crippen LogP contribution in [0.15, 0.2) is 24.3 Å². The molecule has 0 bridgehead atoms. The van der Waals surface area contributed by atoms with E-state index in [0.29, 0.717) is 0 Å². The topological polar surface area (TPSA) is 32.8 Å². The molecule has 1 aromatic carbocycles. The second-order valence-electron chi connectivity index (χ2n) is 6.72. The number of rotatable bonds is 8. The monoisotopic (exact) mass is 316 g/mol. The molecular weight excluding hydrogens is 288 g/mol. The van der Waals surface area contributed by atoms with Gasteiger partial charge in [0.25, 0.3) is 5.91 Å². The number of carbonyl (C=O) groups excluding carboxylic acids is 1. The molecule has 1 aromatic rings. The molecule has 2 unspecified atom stereocenters. The summed E-state index contributed by atoms with van der Waals surface area (Å²) >= 11 is 0. The van der Waals surface area contributed by atoms with Gasteiger partial charge in [0.1, 0.15) is 5.75 Å². The molecule has 4 heteroatoms. The number of piperidine rings is 1. The summed E-state index contributed by atoms with van der Waals surface area (Å²) < 4.78 is 5.80. The first-order valence-electron chi connectivity index (χ1n) is 8.95. The third kappa shape index (κ3) is 4.05. The lowest BCUT2D eigenvalue weighted by atomic mass is 10.2. The molecule has 2 atom stereocenters. The first kappa shape index (κ1) is 16.3. The van der Waals surface area contributed by atoms with Crippen LogP contribution in [0.25, 0.3) is 0 Å². The Hall–Kier alpha value is -1.55. The zero-order chi connectivity index (χ0) is 16.2. The molecule has 23 heavy (non-hydrogen) atoms. The Labute approximate surface area is 139 Å². The van der Waals surface area contributed by atoms with Crippen molar-refractivity contribution in [3.8, 4) is 5.75 Å². The lowest BCUT2D eigenvalue weighted by molar-refractivity contribution is 0.0773. The summed E-state index contributed by atoms with van der Waals surface area (Å²) in [5, 5.41) is 0. The normalized spacial score (nSPS) is 22.7. The number of hydrogen-bond acceptors (Lipinski definition) is 3. The Kier molecular flexibility index (Phi) is 5.21. The van der Waals surface area contributed by atoms with Crippen molar-refractivity contribution in [2.24, 2.45) is 11.8 Å². The second kappa shape index (κ2) is 7.35. The molecule has 1 amide bonds. The molecule has 3 rings (SSSR count). The Morgan fingerprint density at radius 1 is 1.17 bits per heavy atom. The third-order valence-electron chi connectivity index (χ3n) is 5.09. The Morgan fingerprint density at radius 3 is 2.43 bits per heavy atom. The van der Waals surface area contributed by atoms with Gasteiger partial charge in [-0.2, -0.15) is 0 Å². The smallest absolute Gasteiger partial charge is 0.253 e. The van der Waals surface area contributed by atoms with Gasteiger partial charge in [-0.1, -0.05) is 0 Å². The van der Waals surface area contributed by atoms with E-state index >= 15 is 0 Å². The largest absolute Gasteiger partial charge is 0.494 e. The average Bonchev–Trinajstić information content (AvgIpc) is 3.19. The summed E-state index contributed by atoms with van der Waals surface area (Å²) in [6, 6.07) is 7.54. The van der Waals surface area contributed by atoms with Crippen LogP contribution in [-0.4, -0.2) is 55.0 Å². The van der Waals surface area contributed by atoms with Crippen LogP contribution >= 0.6 is 0 Å². The minimum Gasteiger partial charge on any atom is -0.494 e. The maximum Gasteiger partial charge on any atom is 0.253 e. The van der Waals surface area contributed by atoms with E-state index in [1.807, 2.05) is 43.0 Å². The predicted molar refractivity (Wildman–Crippen MR) is 91.8 cm³/mol. The fraction of sp³-hybridized carbons (Fsp3) is 0.632. The van der Waals surface area contributed by atoms with Gasteiger partial charge in [0.2, 0.25) is 0 Å². The highest BCUT2D eigenvalue weighted by molar-refractivity contribution is 5.94. The third-order valence-corrected chi connectivity index (χ3v) is 5.09. The van der Waals surface area contributed by atoms with Gasteiger partial charge >= 0.3 is 0 Å². The Morgan fingerprint density at radius 2 is 1.83 bits per heavy atom. The number of nitrogens with zero attached hydrogens (tertiary/aromatic N) is 2. The van der Waals surface area contributed by atoms with Gasteiger partial charge < -0.3 is 14.5 Å². The number of ether oxygens (including phenoxy) is 1.